The molecular formula is C33H33FNO+. The highest BCUT2D eigenvalue weighted by Gasteiger charge is 2.44. The standard InChI is InChI=1S/C33H33FNO/c1-19-16-23(29-24(17-19)32(3,4)18-33(29,5)6)28-25(34)14-13-22-21-12-11-20(2)27(30(21)36-31(22)28)26-10-8-9-15-35(26)7/h8-17H,18H2,1-7H3/q+1. The molecule has 0 unspecified atom stereocenters. The number of rotatable bonds is 2. The van der Waals surface area contributed by atoms with Crippen LogP contribution >= 0.6 is 0 Å². The third kappa shape index (κ3) is 3.18. The van der Waals surface area contributed by atoms with Crippen molar-refractivity contribution < 1.29 is 13.4 Å². The highest BCUT2D eigenvalue weighted by Crippen LogP contribution is 2.54. The Hall–Kier alpha value is -3.46. The molecule has 0 aliphatic heterocycles. The molecule has 0 bridgehead atoms. The Morgan fingerprint density at radius 2 is 1.53 bits per heavy atom. The topological polar surface area (TPSA) is 17.0 Å². The number of hydrogen-bond acceptors (Lipinski definition) is 1. The summed E-state index contributed by atoms with van der Waals surface area (Å²) in [5, 5.41) is 1.96. The van der Waals surface area contributed by atoms with E-state index in [1.807, 2.05) is 31.4 Å². The minimum absolute atomic E-state index is 0.0319. The first-order valence-electron chi connectivity index (χ1n) is 12.7. The van der Waals surface area contributed by atoms with E-state index in [0.717, 1.165) is 50.7 Å². The van der Waals surface area contributed by atoms with E-state index in [4.69, 9.17) is 4.42 Å². The van der Waals surface area contributed by atoms with Crippen LogP contribution in [-0.4, -0.2) is 0 Å². The molecule has 0 N–H and O–H groups in total. The summed E-state index contributed by atoms with van der Waals surface area (Å²) in [5.74, 6) is -0.238. The van der Waals surface area contributed by atoms with Gasteiger partial charge < -0.3 is 4.42 Å². The number of aryl methyl sites for hydroxylation is 3. The minimum Gasteiger partial charge on any atom is -0.454 e. The van der Waals surface area contributed by atoms with Crippen molar-refractivity contribution in [2.45, 2.75) is 58.8 Å². The van der Waals surface area contributed by atoms with Gasteiger partial charge in [-0.3, -0.25) is 0 Å². The van der Waals surface area contributed by atoms with Crippen molar-refractivity contribution in [3.63, 3.8) is 0 Å². The zero-order valence-electron chi connectivity index (χ0n) is 22.2. The van der Waals surface area contributed by atoms with Crippen LogP contribution in [0.1, 0.15) is 56.4 Å². The smallest absolute Gasteiger partial charge is 0.216 e. The molecule has 2 nitrogen and oxygen atoms in total. The fourth-order valence-electron chi connectivity index (χ4n) is 6.87. The lowest BCUT2D eigenvalue weighted by Gasteiger charge is -2.24. The molecule has 0 atom stereocenters. The van der Waals surface area contributed by atoms with E-state index in [-0.39, 0.29) is 16.6 Å². The van der Waals surface area contributed by atoms with E-state index in [2.05, 4.69) is 76.4 Å². The molecule has 1 aliphatic carbocycles. The fraction of sp³-hybridized carbons (Fsp3) is 0.303. The Morgan fingerprint density at radius 3 is 2.25 bits per heavy atom. The Bertz CT molecular complexity index is 1700. The molecule has 0 amide bonds. The Balaban J connectivity index is 1.74. The number of aromatic nitrogens is 1. The van der Waals surface area contributed by atoms with Gasteiger partial charge in [0.1, 0.15) is 24.0 Å². The van der Waals surface area contributed by atoms with Crippen LogP contribution in [-0.2, 0) is 17.9 Å². The quantitative estimate of drug-likeness (QED) is 0.233. The van der Waals surface area contributed by atoms with Crippen LogP contribution in [0.4, 0.5) is 4.39 Å². The molecule has 3 aromatic carbocycles. The van der Waals surface area contributed by atoms with Gasteiger partial charge in [0.15, 0.2) is 6.20 Å². The summed E-state index contributed by atoms with van der Waals surface area (Å²) in [6.45, 7) is 13.4. The van der Waals surface area contributed by atoms with Crippen LogP contribution < -0.4 is 4.57 Å². The predicted octanol–water partition coefficient (Wildman–Crippen LogP) is 8.46. The first-order valence-corrected chi connectivity index (χ1v) is 12.7. The van der Waals surface area contributed by atoms with Gasteiger partial charge in [-0.25, -0.2) is 8.96 Å². The summed E-state index contributed by atoms with van der Waals surface area (Å²) < 4.78 is 24.7. The van der Waals surface area contributed by atoms with Crippen molar-refractivity contribution in [1.82, 2.24) is 0 Å². The number of hydrogen-bond donors (Lipinski definition) is 0. The summed E-state index contributed by atoms with van der Waals surface area (Å²) in [5.41, 5.74) is 9.91. The normalized spacial score (nSPS) is 16.1. The Labute approximate surface area is 212 Å². The van der Waals surface area contributed by atoms with Gasteiger partial charge in [0, 0.05) is 22.9 Å². The van der Waals surface area contributed by atoms with Gasteiger partial charge in [-0.2, -0.15) is 0 Å². The average Bonchev–Trinajstić information content (AvgIpc) is 3.25. The highest BCUT2D eigenvalue weighted by molar-refractivity contribution is 6.13. The number of pyridine rings is 1. The molecule has 0 fully saturated rings. The summed E-state index contributed by atoms with van der Waals surface area (Å²) >= 11 is 0. The largest absolute Gasteiger partial charge is 0.454 e. The lowest BCUT2D eigenvalue weighted by Crippen LogP contribution is -2.30. The molecule has 0 radical (unpaired) electrons. The van der Waals surface area contributed by atoms with Gasteiger partial charge >= 0.3 is 0 Å². The second-order valence-corrected chi connectivity index (χ2v) is 11.9. The van der Waals surface area contributed by atoms with Crippen molar-refractivity contribution >= 4 is 21.9 Å². The second-order valence-electron chi connectivity index (χ2n) is 11.9. The third-order valence-electron chi connectivity index (χ3n) is 8.12. The summed E-state index contributed by atoms with van der Waals surface area (Å²) in [6.07, 6.45) is 3.07. The van der Waals surface area contributed by atoms with E-state index in [1.165, 1.54) is 11.1 Å². The van der Waals surface area contributed by atoms with Crippen LogP contribution in [0.2, 0.25) is 0 Å². The first kappa shape index (κ1) is 23.0. The first-order chi connectivity index (χ1) is 17.0. The van der Waals surface area contributed by atoms with E-state index in [9.17, 15) is 0 Å². The number of benzene rings is 3. The van der Waals surface area contributed by atoms with Crippen LogP contribution in [0.3, 0.4) is 0 Å². The zero-order valence-corrected chi connectivity index (χ0v) is 22.2. The number of furan rings is 1. The van der Waals surface area contributed by atoms with Gasteiger partial charge in [-0.1, -0.05) is 57.5 Å². The SMILES string of the molecule is Cc1cc(-c2c(F)ccc3c2oc2c(-c4cccc[n+]4C)c(C)ccc23)c2c(c1)C(C)(C)CC2(C)C. The average molecular weight is 479 g/mol. The molecule has 0 spiro atoms. The fourth-order valence-corrected chi connectivity index (χ4v) is 6.87. The number of fused-ring (bicyclic) bond motifs is 4. The van der Waals surface area contributed by atoms with Crippen molar-refractivity contribution in [2.24, 2.45) is 7.05 Å². The summed E-state index contributed by atoms with van der Waals surface area (Å²) in [4.78, 5) is 0. The zero-order chi connectivity index (χ0) is 25.6. The maximum absolute atomic E-state index is 15.9. The molecule has 36 heavy (non-hydrogen) atoms. The Morgan fingerprint density at radius 1 is 0.833 bits per heavy atom. The van der Waals surface area contributed by atoms with Crippen LogP contribution in [0.15, 0.2) is 65.2 Å². The van der Waals surface area contributed by atoms with Gasteiger partial charge in [-0.15, -0.1) is 0 Å². The van der Waals surface area contributed by atoms with Crippen LogP contribution in [0, 0.1) is 19.7 Å². The van der Waals surface area contributed by atoms with E-state index < -0.39 is 0 Å². The molecule has 3 heteroatoms. The molecule has 2 heterocycles. The highest BCUT2D eigenvalue weighted by atomic mass is 19.1. The number of nitrogens with zero attached hydrogens (tertiary/aromatic N) is 1. The van der Waals surface area contributed by atoms with Gasteiger partial charge in [0.2, 0.25) is 5.69 Å². The second kappa shape index (κ2) is 7.52. The maximum atomic E-state index is 15.9. The molecular weight excluding hydrogens is 445 g/mol. The molecule has 182 valence electrons. The molecule has 6 rings (SSSR count). The van der Waals surface area contributed by atoms with Gasteiger partial charge in [-0.05, 0) is 71.6 Å². The minimum atomic E-state index is -0.238. The van der Waals surface area contributed by atoms with Gasteiger partial charge in [0.25, 0.3) is 0 Å². The molecule has 2 aromatic heterocycles. The summed E-state index contributed by atoms with van der Waals surface area (Å²) in [7, 11) is 2.04. The monoisotopic (exact) mass is 478 g/mol. The molecule has 5 aromatic rings. The van der Waals surface area contributed by atoms with E-state index in [0.29, 0.717) is 11.1 Å². The summed E-state index contributed by atoms with van der Waals surface area (Å²) in [6, 6.07) is 18.3. The predicted molar refractivity (Wildman–Crippen MR) is 146 cm³/mol. The van der Waals surface area contributed by atoms with Crippen molar-refractivity contribution in [1.29, 1.82) is 0 Å². The van der Waals surface area contributed by atoms with Crippen molar-refractivity contribution in [2.75, 3.05) is 0 Å². The molecule has 0 saturated carbocycles. The van der Waals surface area contributed by atoms with Crippen molar-refractivity contribution in [3.8, 4) is 22.4 Å². The van der Waals surface area contributed by atoms with E-state index >= 15 is 4.39 Å². The molecule has 0 saturated heterocycles. The lowest BCUT2D eigenvalue weighted by atomic mass is 9.80. The third-order valence-corrected chi connectivity index (χ3v) is 8.12. The van der Waals surface area contributed by atoms with Crippen LogP contribution in [0.25, 0.3) is 44.3 Å². The number of halogens is 1. The van der Waals surface area contributed by atoms with E-state index in [1.54, 1.807) is 6.07 Å². The maximum Gasteiger partial charge on any atom is 0.216 e. The lowest BCUT2D eigenvalue weighted by molar-refractivity contribution is -0.660. The Kier molecular flexibility index (Phi) is 4.80. The molecule has 1 aliphatic rings. The van der Waals surface area contributed by atoms with Crippen LogP contribution in [0.5, 0.6) is 0 Å². The van der Waals surface area contributed by atoms with Gasteiger partial charge in [0.05, 0.1) is 11.1 Å². The van der Waals surface area contributed by atoms with Crippen molar-refractivity contribution in [3.05, 3.63) is 88.9 Å².